The van der Waals surface area contributed by atoms with Crippen molar-refractivity contribution in [1.29, 1.82) is 0 Å². The molecule has 118 valence electrons. The molecule has 7 nitrogen and oxygen atoms in total. The number of aromatic amines is 1. The third-order valence-corrected chi connectivity index (χ3v) is 5.46. The molecule has 1 aromatic heterocycles. The molecule has 0 atom stereocenters. The Bertz CT molecular complexity index is 576. The van der Waals surface area contributed by atoms with E-state index in [1.54, 1.807) is 6.20 Å². The van der Waals surface area contributed by atoms with Gasteiger partial charge in [0.25, 0.3) is 10.0 Å². The maximum atomic E-state index is 12.4. The van der Waals surface area contributed by atoms with Crippen molar-refractivity contribution in [2.75, 3.05) is 6.61 Å². The number of ether oxygens (including phenoxy) is 1. The van der Waals surface area contributed by atoms with E-state index in [1.165, 1.54) is 12.8 Å². The topological polar surface area (TPSA) is 96.1 Å². The first-order valence-electron chi connectivity index (χ1n) is 7.48. The molecule has 0 aliphatic heterocycles. The highest BCUT2D eigenvalue weighted by Crippen LogP contribution is 2.25. The Labute approximate surface area is 124 Å². The van der Waals surface area contributed by atoms with Gasteiger partial charge in [0, 0.05) is 30.8 Å². The summed E-state index contributed by atoms with van der Waals surface area (Å²) < 4.78 is 32.9. The zero-order chi connectivity index (χ0) is 14.9. The Hall–Kier alpha value is -0.960. The maximum Gasteiger partial charge on any atom is 0.258 e. The fourth-order valence-electron chi connectivity index (χ4n) is 2.51. The van der Waals surface area contributed by atoms with Crippen molar-refractivity contribution in [1.82, 2.24) is 20.2 Å². The van der Waals surface area contributed by atoms with Gasteiger partial charge in [-0.3, -0.25) is 5.10 Å². The Morgan fingerprint density at radius 3 is 2.81 bits per heavy atom. The number of nitrogens with zero attached hydrogens (tertiary/aromatic N) is 1. The van der Waals surface area contributed by atoms with E-state index in [2.05, 4.69) is 20.2 Å². The first kappa shape index (κ1) is 15.0. The Morgan fingerprint density at radius 1 is 1.38 bits per heavy atom. The van der Waals surface area contributed by atoms with Crippen LogP contribution in [0.4, 0.5) is 0 Å². The van der Waals surface area contributed by atoms with Crippen LogP contribution in [-0.2, 0) is 21.3 Å². The zero-order valence-electron chi connectivity index (χ0n) is 12.1. The molecule has 2 aliphatic rings. The molecular formula is C13H22N4O3S. The van der Waals surface area contributed by atoms with Gasteiger partial charge in [0.1, 0.15) is 0 Å². The lowest BCUT2D eigenvalue weighted by atomic mass is 9.90. The molecular weight excluding hydrogens is 292 g/mol. The number of rotatable bonds is 8. The highest BCUT2D eigenvalue weighted by Gasteiger charge is 2.34. The van der Waals surface area contributed by atoms with Crippen molar-refractivity contribution in [3.05, 3.63) is 11.8 Å². The predicted octanol–water partition coefficient (Wildman–Crippen LogP) is 0.508. The van der Waals surface area contributed by atoms with E-state index in [9.17, 15) is 8.42 Å². The quantitative estimate of drug-likeness (QED) is 0.649. The molecule has 3 N–H and O–H groups in total. The number of aromatic nitrogens is 2. The summed E-state index contributed by atoms with van der Waals surface area (Å²) in [5.74, 6) is 0. The van der Waals surface area contributed by atoms with Gasteiger partial charge < -0.3 is 10.1 Å². The zero-order valence-corrected chi connectivity index (χ0v) is 12.9. The van der Waals surface area contributed by atoms with Gasteiger partial charge in [0.2, 0.25) is 0 Å². The minimum Gasteiger partial charge on any atom is -0.378 e. The smallest absolute Gasteiger partial charge is 0.258 e. The van der Waals surface area contributed by atoms with Crippen molar-refractivity contribution >= 4 is 10.0 Å². The summed E-state index contributed by atoms with van der Waals surface area (Å²) in [4.78, 5) is 0. The lowest BCUT2D eigenvalue weighted by molar-refractivity contribution is -0.00477. The van der Waals surface area contributed by atoms with Gasteiger partial charge in [0.15, 0.2) is 5.03 Å². The molecule has 8 heteroatoms. The molecule has 0 bridgehead atoms. The second-order valence-corrected chi connectivity index (χ2v) is 7.40. The molecule has 0 saturated heterocycles. The van der Waals surface area contributed by atoms with Gasteiger partial charge in [0.05, 0.1) is 12.3 Å². The normalized spacial score (nSPS) is 25.8. The Morgan fingerprint density at radius 2 is 2.14 bits per heavy atom. The largest absolute Gasteiger partial charge is 0.378 e. The van der Waals surface area contributed by atoms with Crippen LogP contribution in [0.5, 0.6) is 0 Å². The summed E-state index contributed by atoms with van der Waals surface area (Å²) in [5.41, 5.74) is 0.690. The first-order chi connectivity index (χ1) is 10.1. The van der Waals surface area contributed by atoms with Crippen LogP contribution in [-0.4, -0.2) is 43.4 Å². The maximum absolute atomic E-state index is 12.4. The van der Waals surface area contributed by atoms with Crippen LogP contribution >= 0.6 is 0 Å². The van der Waals surface area contributed by atoms with Crippen molar-refractivity contribution in [2.45, 2.75) is 62.4 Å². The molecule has 0 amide bonds. The molecule has 21 heavy (non-hydrogen) atoms. The number of nitrogens with one attached hydrogen (secondary N) is 3. The number of sulfonamides is 1. The second kappa shape index (κ2) is 6.04. The van der Waals surface area contributed by atoms with E-state index in [-0.39, 0.29) is 17.2 Å². The van der Waals surface area contributed by atoms with Crippen LogP contribution in [0.3, 0.4) is 0 Å². The van der Waals surface area contributed by atoms with Gasteiger partial charge in [-0.1, -0.05) is 0 Å². The van der Waals surface area contributed by atoms with Gasteiger partial charge in [-0.2, -0.15) is 5.10 Å². The fourth-order valence-corrected chi connectivity index (χ4v) is 3.90. The number of hydrogen-bond acceptors (Lipinski definition) is 5. The lowest BCUT2D eigenvalue weighted by Crippen LogP contribution is -2.47. The van der Waals surface area contributed by atoms with E-state index < -0.39 is 10.0 Å². The SMILES string of the molecule is CCOC1CC(NS(=O)(=O)c2[nH]ncc2CNC2CC2)C1. The molecule has 0 radical (unpaired) electrons. The first-order valence-corrected chi connectivity index (χ1v) is 8.96. The standard InChI is InChI=1S/C13H22N4O3S/c1-2-20-12-5-11(6-12)17-21(18,19)13-9(8-15-16-13)7-14-10-3-4-10/h8,10-12,14,17H,2-7H2,1H3,(H,15,16). The van der Waals surface area contributed by atoms with Crippen LogP contribution < -0.4 is 10.0 Å². The fraction of sp³-hybridized carbons (Fsp3) is 0.769. The third kappa shape index (κ3) is 3.63. The van der Waals surface area contributed by atoms with E-state index in [1.807, 2.05) is 6.92 Å². The summed E-state index contributed by atoms with van der Waals surface area (Å²) in [5, 5.41) is 9.96. The van der Waals surface area contributed by atoms with Crippen molar-refractivity contribution in [3.63, 3.8) is 0 Å². The van der Waals surface area contributed by atoms with E-state index in [0.717, 1.165) is 12.8 Å². The summed E-state index contributed by atoms with van der Waals surface area (Å²) >= 11 is 0. The minimum atomic E-state index is -3.54. The van der Waals surface area contributed by atoms with E-state index >= 15 is 0 Å². The van der Waals surface area contributed by atoms with Crippen LogP contribution in [0.15, 0.2) is 11.2 Å². The van der Waals surface area contributed by atoms with E-state index in [0.29, 0.717) is 24.8 Å². The van der Waals surface area contributed by atoms with E-state index in [4.69, 9.17) is 4.74 Å². The molecule has 2 saturated carbocycles. The molecule has 3 rings (SSSR count). The van der Waals surface area contributed by atoms with Gasteiger partial charge in [-0.15, -0.1) is 0 Å². The number of H-pyrrole nitrogens is 1. The molecule has 0 aromatic carbocycles. The Kier molecular flexibility index (Phi) is 4.30. The average Bonchev–Trinajstić information content (AvgIpc) is 3.10. The monoisotopic (exact) mass is 314 g/mol. The van der Waals surface area contributed by atoms with Gasteiger partial charge in [-0.25, -0.2) is 13.1 Å². The Balaban J connectivity index is 1.58. The van der Waals surface area contributed by atoms with Crippen LogP contribution in [0.1, 0.15) is 38.2 Å². The summed E-state index contributed by atoms with van der Waals surface area (Å²) in [6.45, 7) is 3.15. The van der Waals surface area contributed by atoms with Crippen LogP contribution in [0.25, 0.3) is 0 Å². The summed E-state index contributed by atoms with van der Waals surface area (Å²) in [6, 6.07) is 0.487. The van der Waals surface area contributed by atoms with Crippen molar-refractivity contribution < 1.29 is 13.2 Å². The van der Waals surface area contributed by atoms with Crippen molar-refractivity contribution in [3.8, 4) is 0 Å². The highest BCUT2D eigenvalue weighted by molar-refractivity contribution is 7.89. The lowest BCUT2D eigenvalue weighted by Gasteiger charge is -2.34. The molecule has 2 aliphatic carbocycles. The molecule has 1 aromatic rings. The second-order valence-electron chi connectivity index (χ2n) is 5.75. The number of hydrogen-bond donors (Lipinski definition) is 3. The average molecular weight is 314 g/mol. The summed E-state index contributed by atoms with van der Waals surface area (Å²) in [6.07, 6.45) is 5.56. The van der Waals surface area contributed by atoms with Crippen molar-refractivity contribution in [2.24, 2.45) is 0 Å². The third-order valence-electron chi connectivity index (χ3n) is 3.92. The molecule has 2 fully saturated rings. The molecule has 1 heterocycles. The van der Waals surface area contributed by atoms with Crippen LogP contribution in [0, 0.1) is 0 Å². The highest BCUT2D eigenvalue weighted by atomic mass is 32.2. The van der Waals surface area contributed by atoms with Crippen LogP contribution in [0.2, 0.25) is 0 Å². The molecule has 0 spiro atoms. The predicted molar refractivity (Wildman–Crippen MR) is 77.2 cm³/mol. The minimum absolute atomic E-state index is 0.0425. The van der Waals surface area contributed by atoms with Gasteiger partial charge >= 0.3 is 0 Å². The van der Waals surface area contributed by atoms with Gasteiger partial charge in [-0.05, 0) is 32.6 Å². The summed E-state index contributed by atoms with van der Waals surface area (Å²) in [7, 11) is -3.54. The molecule has 0 unspecified atom stereocenters.